The normalized spacial score (nSPS) is 11.5. The van der Waals surface area contributed by atoms with Gasteiger partial charge in [-0.15, -0.1) is 0 Å². The van der Waals surface area contributed by atoms with Crippen molar-refractivity contribution in [2.75, 3.05) is 5.73 Å². The first-order valence-electron chi connectivity index (χ1n) is 5.44. The van der Waals surface area contributed by atoms with E-state index in [1.54, 1.807) is 6.92 Å². The molecule has 84 valence electrons. The molecule has 0 unspecified atom stereocenters. The van der Waals surface area contributed by atoms with Crippen LogP contribution in [0.1, 0.15) is 56.2 Å². The standard InChI is InChI=1S/C13H20FN/c1-7(2)10-6-9(5)12(14)11(8(3)4)13(10)15/h6-8H,15H2,1-5H3. The monoisotopic (exact) mass is 209 g/mol. The Morgan fingerprint density at radius 3 is 2.07 bits per heavy atom. The zero-order valence-electron chi connectivity index (χ0n) is 10.2. The van der Waals surface area contributed by atoms with Crippen molar-refractivity contribution in [3.05, 3.63) is 28.6 Å². The Morgan fingerprint density at radius 2 is 1.67 bits per heavy atom. The van der Waals surface area contributed by atoms with Crippen molar-refractivity contribution in [2.24, 2.45) is 0 Å². The number of nitrogen functional groups attached to an aromatic ring is 1. The predicted molar refractivity (Wildman–Crippen MR) is 63.7 cm³/mol. The van der Waals surface area contributed by atoms with E-state index in [0.29, 0.717) is 22.7 Å². The van der Waals surface area contributed by atoms with Crippen LogP contribution in [0.2, 0.25) is 0 Å². The Balaban J connectivity index is 3.49. The maximum atomic E-state index is 13.9. The fourth-order valence-corrected chi connectivity index (χ4v) is 1.90. The van der Waals surface area contributed by atoms with Crippen LogP contribution in [0.25, 0.3) is 0 Å². The minimum Gasteiger partial charge on any atom is -0.398 e. The molecule has 0 bridgehead atoms. The first-order valence-corrected chi connectivity index (χ1v) is 5.44. The summed E-state index contributed by atoms with van der Waals surface area (Å²) in [5.74, 6) is 0.316. The molecule has 0 aliphatic rings. The Hall–Kier alpha value is -1.05. The summed E-state index contributed by atoms with van der Waals surface area (Å²) in [6.07, 6.45) is 0. The Kier molecular flexibility index (Phi) is 3.38. The van der Waals surface area contributed by atoms with Crippen molar-refractivity contribution in [2.45, 2.75) is 46.5 Å². The zero-order chi connectivity index (χ0) is 11.7. The second-order valence-corrected chi connectivity index (χ2v) is 4.73. The van der Waals surface area contributed by atoms with Crippen LogP contribution in [0, 0.1) is 12.7 Å². The van der Waals surface area contributed by atoms with Crippen molar-refractivity contribution in [3.63, 3.8) is 0 Å². The lowest BCUT2D eigenvalue weighted by molar-refractivity contribution is 0.589. The van der Waals surface area contributed by atoms with E-state index in [4.69, 9.17) is 5.73 Å². The molecule has 2 heteroatoms. The summed E-state index contributed by atoms with van der Waals surface area (Å²) in [6, 6.07) is 1.86. The average molecular weight is 209 g/mol. The molecule has 0 saturated carbocycles. The van der Waals surface area contributed by atoms with E-state index in [2.05, 4.69) is 13.8 Å². The highest BCUT2D eigenvalue weighted by molar-refractivity contribution is 5.58. The molecule has 1 nitrogen and oxygen atoms in total. The molecule has 2 N–H and O–H groups in total. The predicted octanol–water partition coefficient (Wildman–Crippen LogP) is 3.96. The molecule has 0 aromatic heterocycles. The Bertz CT molecular complexity index is 367. The number of nitrogens with two attached hydrogens (primary N) is 1. The molecule has 0 amide bonds. The number of hydrogen-bond donors (Lipinski definition) is 1. The van der Waals surface area contributed by atoms with Gasteiger partial charge in [0.05, 0.1) is 0 Å². The third kappa shape index (κ3) is 2.14. The molecule has 0 spiro atoms. The smallest absolute Gasteiger partial charge is 0.131 e. The van der Waals surface area contributed by atoms with Crippen molar-refractivity contribution in [3.8, 4) is 0 Å². The Morgan fingerprint density at radius 1 is 1.13 bits per heavy atom. The molecule has 0 fully saturated rings. The molecular weight excluding hydrogens is 189 g/mol. The van der Waals surface area contributed by atoms with Crippen molar-refractivity contribution >= 4 is 5.69 Å². The van der Waals surface area contributed by atoms with Gasteiger partial charge in [-0.1, -0.05) is 33.8 Å². The number of rotatable bonds is 2. The average Bonchev–Trinajstić information content (AvgIpc) is 2.10. The summed E-state index contributed by atoms with van der Waals surface area (Å²) >= 11 is 0. The highest BCUT2D eigenvalue weighted by Crippen LogP contribution is 2.33. The van der Waals surface area contributed by atoms with Gasteiger partial charge in [-0.3, -0.25) is 0 Å². The second kappa shape index (κ2) is 4.21. The lowest BCUT2D eigenvalue weighted by Gasteiger charge is -2.18. The Labute approximate surface area is 91.5 Å². The molecular formula is C13H20FN. The van der Waals surface area contributed by atoms with Crippen molar-refractivity contribution in [1.82, 2.24) is 0 Å². The van der Waals surface area contributed by atoms with Crippen LogP contribution < -0.4 is 5.73 Å². The summed E-state index contributed by atoms with van der Waals surface area (Å²) in [5, 5.41) is 0. The molecule has 0 radical (unpaired) electrons. The van der Waals surface area contributed by atoms with Gasteiger partial charge in [0.2, 0.25) is 0 Å². The van der Waals surface area contributed by atoms with Crippen LogP contribution in [0.3, 0.4) is 0 Å². The number of hydrogen-bond acceptors (Lipinski definition) is 1. The van der Waals surface area contributed by atoms with Gasteiger partial charge in [0.15, 0.2) is 0 Å². The third-order valence-electron chi connectivity index (χ3n) is 2.76. The van der Waals surface area contributed by atoms with Crippen molar-refractivity contribution in [1.29, 1.82) is 0 Å². The lowest BCUT2D eigenvalue weighted by Crippen LogP contribution is -2.07. The maximum Gasteiger partial charge on any atom is 0.131 e. The molecule has 0 saturated heterocycles. The molecule has 0 aliphatic carbocycles. The first-order chi connectivity index (χ1) is 6.86. The number of benzene rings is 1. The second-order valence-electron chi connectivity index (χ2n) is 4.73. The van der Waals surface area contributed by atoms with Crippen LogP contribution in [-0.4, -0.2) is 0 Å². The minimum atomic E-state index is -0.146. The van der Waals surface area contributed by atoms with Gasteiger partial charge in [-0.05, 0) is 29.9 Å². The van der Waals surface area contributed by atoms with Gasteiger partial charge in [0.1, 0.15) is 5.82 Å². The molecule has 15 heavy (non-hydrogen) atoms. The molecule has 0 atom stereocenters. The molecule has 1 aromatic carbocycles. The van der Waals surface area contributed by atoms with Gasteiger partial charge < -0.3 is 5.73 Å². The summed E-state index contributed by atoms with van der Waals surface area (Å²) in [6.45, 7) is 9.89. The minimum absolute atomic E-state index is 0.127. The molecule has 1 rings (SSSR count). The quantitative estimate of drug-likeness (QED) is 0.733. The van der Waals surface area contributed by atoms with Crippen molar-refractivity contribution < 1.29 is 4.39 Å². The molecule has 0 aliphatic heterocycles. The topological polar surface area (TPSA) is 26.0 Å². The largest absolute Gasteiger partial charge is 0.398 e. The summed E-state index contributed by atoms with van der Waals surface area (Å²) in [5.41, 5.74) is 9.05. The number of aryl methyl sites for hydroxylation is 1. The van der Waals surface area contributed by atoms with Gasteiger partial charge in [0, 0.05) is 11.3 Å². The lowest BCUT2D eigenvalue weighted by atomic mass is 9.90. The van der Waals surface area contributed by atoms with Gasteiger partial charge in [0.25, 0.3) is 0 Å². The van der Waals surface area contributed by atoms with Crippen LogP contribution in [0.15, 0.2) is 6.07 Å². The number of anilines is 1. The van der Waals surface area contributed by atoms with Gasteiger partial charge >= 0.3 is 0 Å². The first kappa shape index (κ1) is 12.0. The summed E-state index contributed by atoms with van der Waals surface area (Å²) < 4.78 is 13.9. The van der Waals surface area contributed by atoms with Crippen LogP contribution in [0.4, 0.5) is 10.1 Å². The van der Waals surface area contributed by atoms with E-state index < -0.39 is 0 Å². The van der Waals surface area contributed by atoms with Crippen LogP contribution in [0.5, 0.6) is 0 Å². The fourth-order valence-electron chi connectivity index (χ4n) is 1.90. The van der Waals surface area contributed by atoms with E-state index in [0.717, 1.165) is 5.56 Å². The molecule has 1 aromatic rings. The van der Waals surface area contributed by atoms with Crippen LogP contribution in [-0.2, 0) is 0 Å². The maximum absolute atomic E-state index is 13.9. The summed E-state index contributed by atoms with van der Waals surface area (Å²) in [4.78, 5) is 0. The van der Waals surface area contributed by atoms with Crippen LogP contribution >= 0.6 is 0 Å². The van der Waals surface area contributed by atoms with Gasteiger partial charge in [-0.25, -0.2) is 4.39 Å². The SMILES string of the molecule is Cc1cc(C(C)C)c(N)c(C(C)C)c1F. The number of halogens is 1. The van der Waals surface area contributed by atoms with E-state index in [1.165, 1.54) is 0 Å². The highest BCUT2D eigenvalue weighted by atomic mass is 19.1. The third-order valence-corrected chi connectivity index (χ3v) is 2.76. The fraction of sp³-hybridized carbons (Fsp3) is 0.538. The molecule has 0 heterocycles. The zero-order valence-corrected chi connectivity index (χ0v) is 10.2. The van der Waals surface area contributed by atoms with E-state index in [9.17, 15) is 4.39 Å². The van der Waals surface area contributed by atoms with E-state index in [-0.39, 0.29) is 11.7 Å². The highest BCUT2D eigenvalue weighted by Gasteiger charge is 2.17. The van der Waals surface area contributed by atoms with E-state index in [1.807, 2.05) is 19.9 Å². The summed E-state index contributed by atoms with van der Waals surface area (Å²) in [7, 11) is 0. The van der Waals surface area contributed by atoms with Gasteiger partial charge in [-0.2, -0.15) is 0 Å². The van der Waals surface area contributed by atoms with E-state index >= 15 is 0 Å².